The average molecular weight is 324 g/mol. The van der Waals surface area contributed by atoms with Crippen LogP contribution in [0, 0.1) is 12.7 Å². The number of hydrogen-bond donors (Lipinski definition) is 2. The zero-order valence-corrected chi connectivity index (χ0v) is 12.3. The third-order valence-corrected chi connectivity index (χ3v) is 3.87. The summed E-state index contributed by atoms with van der Waals surface area (Å²) in [5.41, 5.74) is 2.76. The highest BCUT2D eigenvalue weighted by atomic mass is 79.9. The number of hydrogen-bond acceptors (Lipinski definition) is 2. The molecule has 2 rings (SSSR count). The van der Waals surface area contributed by atoms with Gasteiger partial charge in [0.15, 0.2) is 0 Å². The van der Waals surface area contributed by atoms with E-state index in [1.807, 2.05) is 32.0 Å². The SMILES string of the molecule is Cc1ccc(NC(C)c2ccc(F)cc2O)cc1Br. The second kappa shape index (κ2) is 5.61. The lowest BCUT2D eigenvalue weighted by molar-refractivity contribution is 0.459. The number of rotatable bonds is 3. The Morgan fingerprint density at radius 1 is 1.21 bits per heavy atom. The van der Waals surface area contributed by atoms with Gasteiger partial charge >= 0.3 is 0 Å². The molecule has 0 bridgehead atoms. The summed E-state index contributed by atoms with van der Waals surface area (Å²) in [5.74, 6) is -0.474. The van der Waals surface area contributed by atoms with Crippen molar-refractivity contribution in [3.63, 3.8) is 0 Å². The predicted molar refractivity (Wildman–Crippen MR) is 79.0 cm³/mol. The molecule has 0 aromatic heterocycles. The van der Waals surface area contributed by atoms with Crippen molar-refractivity contribution in [2.75, 3.05) is 5.32 Å². The van der Waals surface area contributed by atoms with Crippen LogP contribution in [0.15, 0.2) is 40.9 Å². The minimum atomic E-state index is -0.438. The van der Waals surface area contributed by atoms with Crippen LogP contribution in [-0.2, 0) is 0 Å². The Labute approximate surface area is 120 Å². The van der Waals surface area contributed by atoms with Crippen molar-refractivity contribution in [3.8, 4) is 5.75 Å². The van der Waals surface area contributed by atoms with E-state index in [9.17, 15) is 9.50 Å². The first-order valence-corrected chi connectivity index (χ1v) is 6.78. The van der Waals surface area contributed by atoms with Crippen LogP contribution in [0.1, 0.15) is 24.1 Å². The molecule has 0 saturated heterocycles. The minimum absolute atomic E-state index is 0.0359. The highest BCUT2D eigenvalue weighted by Gasteiger charge is 2.11. The van der Waals surface area contributed by atoms with Crippen molar-refractivity contribution in [2.45, 2.75) is 19.9 Å². The van der Waals surface area contributed by atoms with Crippen molar-refractivity contribution >= 4 is 21.6 Å². The standard InChI is InChI=1S/C15H15BrFNO/c1-9-3-5-12(8-14(9)16)18-10(2)13-6-4-11(17)7-15(13)19/h3-8,10,18-19H,1-2H3. The van der Waals surface area contributed by atoms with E-state index in [-0.39, 0.29) is 11.8 Å². The van der Waals surface area contributed by atoms with Gasteiger partial charge in [-0.05, 0) is 37.6 Å². The van der Waals surface area contributed by atoms with Crippen LogP contribution in [0.4, 0.5) is 10.1 Å². The molecule has 0 aliphatic rings. The summed E-state index contributed by atoms with van der Waals surface area (Å²) in [6, 6.07) is 9.89. The zero-order chi connectivity index (χ0) is 14.0. The Bertz CT molecular complexity index is 601. The number of benzene rings is 2. The molecule has 2 aromatic carbocycles. The van der Waals surface area contributed by atoms with Gasteiger partial charge in [-0.25, -0.2) is 4.39 Å². The van der Waals surface area contributed by atoms with Crippen molar-refractivity contribution < 1.29 is 9.50 Å². The van der Waals surface area contributed by atoms with Crippen molar-refractivity contribution in [3.05, 3.63) is 57.8 Å². The molecule has 0 saturated carbocycles. The molecule has 0 aliphatic heterocycles. The Balaban J connectivity index is 2.20. The molecular formula is C15H15BrFNO. The van der Waals surface area contributed by atoms with Crippen LogP contribution in [-0.4, -0.2) is 5.11 Å². The summed E-state index contributed by atoms with van der Waals surface area (Å²) in [4.78, 5) is 0. The molecule has 0 radical (unpaired) electrons. The van der Waals surface area contributed by atoms with Crippen LogP contribution < -0.4 is 5.32 Å². The molecule has 4 heteroatoms. The number of phenols is 1. The Hall–Kier alpha value is -1.55. The van der Waals surface area contributed by atoms with Gasteiger partial charge in [0, 0.05) is 21.8 Å². The van der Waals surface area contributed by atoms with E-state index < -0.39 is 5.82 Å². The topological polar surface area (TPSA) is 32.3 Å². The van der Waals surface area contributed by atoms with E-state index in [4.69, 9.17) is 0 Å². The fourth-order valence-electron chi connectivity index (χ4n) is 1.89. The molecular weight excluding hydrogens is 309 g/mol. The average Bonchev–Trinajstić information content (AvgIpc) is 2.33. The van der Waals surface area contributed by atoms with Gasteiger partial charge in [0.25, 0.3) is 0 Å². The Morgan fingerprint density at radius 3 is 2.58 bits per heavy atom. The molecule has 1 unspecified atom stereocenters. The molecule has 19 heavy (non-hydrogen) atoms. The third kappa shape index (κ3) is 3.26. The monoisotopic (exact) mass is 323 g/mol. The van der Waals surface area contributed by atoms with Gasteiger partial charge in [0.05, 0.1) is 6.04 Å². The second-order valence-electron chi connectivity index (χ2n) is 4.53. The van der Waals surface area contributed by atoms with Gasteiger partial charge in [0.2, 0.25) is 0 Å². The van der Waals surface area contributed by atoms with Crippen LogP contribution in [0.25, 0.3) is 0 Å². The van der Waals surface area contributed by atoms with Crippen molar-refractivity contribution in [2.24, 2.45) is 0 Å². The number of phenolic OH excluding ortho intramolecular Hbond substituents is 1. The van der Waals surface area contributed by atoms with E-state index in [2.05, 4.69) is 21.2 Å². The Kier molecular flexibility index (Phi) is 4.10. The van der Waals surface area contributed by atoms with E-state index in [0.29, 0.717) is 5.56 Å². The molecule has 0 fully saturated rings. The van der Waals surface area contributed by atoms with Gasteiger partial charge in [-0.3, -0.25) is 0 Å². The van der Waals surface area contributed by atoms with E-state index in [1.54, 1.807) is 6.07 Å². The summed E-state index contributed by atoms with van der Waals surface area (Å²) in [5, 5.41) is 13.0. The summed E-state index contributed by atoms with van der Waals surface area (Å²) >= 11 is 3.48. The number of anilines is 1. The maximum Gasteiger partial charge on any atom is 0.126 e. The second-order valence-corrected chi connectivity index (χ2v) is 5.39. The van der Waals surface area contributed by atoms with E-state index in [0.717, 1.165) is 21.8 Å². The largest absolute Gasteiger partial charge is 0.507 e. The van der Waals surface area contributed by atoms with Crippen LogP contribution >= 0.6 is 15.9 Å². The van der Waals surface area contributed by atoms with Crippen LogP contribution in [0.3, 0.4) is 0 Å². The molecule has 0 heterocycles. The molecule has 0 spiro atoms. The maximum absolute atomic E-state index is 12.9. The van der Waals surface area contributed by atoms with Crippen LogP contribution in [0.2, 0.25) is 0 Å². The number of aryl methyl sites for hydroxylation is 1. The Morgan fingerprint density at radius 2 is 1.95 bits per heavy atom. The lowest BCUT2D eigenvalue weighted by atomic mass is 10.1. The maximum atomic E-state index is 12.9. The summed E-state index contributed by atoms with van der Waals surface area (Å²) in [6.45, 7) is 3.93. The lowest BCUT2D eigenvalue weighted by Crippen LogP contribution is -2.07. The minimum Gasteiger partial charge on any atom is -0.507 e. The first-order chi connectivity index (χ1) is 8.97. The number of nitrogens with one attached hydrogen (secondary N) is 1. The van der Waals surface area contributed by atoms with Gasteiger partial charge in [-0.1, -0.05) is 28.1 Å². The first-order valence-electron chi connectivity index (χ1n) is 5.98. The zero-order valence-electron chi connectivity index (χ0n) is 10.7. The van der Waals surface area contributed by atoms with Gasteiger partial charge in [-0.2, -0.15) is 0 Å². The lowest BCUT2D eigenvalue weighted by Gasteiger charge is -2.17. The quantitative estimate of drug-likeness (QED) is 0.852. The van der Waals surface area contributed by atoms with Gasteiger partial charge < -0.3 is 10.4 Å². The highest BCUT2D eigenvalue weighted by molar-refractivity contribution is 9.10. The summed E-state index contributed by atoms with van der Waals surface area (Å²) in [7, 11) is 0. The highest BCUT2D eigenvalue weighted by Crippen LogP contribution is 2.29. The van der Waals surface area contributed by atoms with E-state index >= 15 is 0 Å². The fourth-order valence-corrected chi connectivity index (χ4v) is 2.27. The molecule has 2 N–H and O–H groups in total. The predicted octanol–water partition coefficient (Wildman–Crippen LogP) is 4.78. The number of halogens is 2. The molecule has 1 atom stereocenters. The van der Waals surface area contributed by atoms with Crippen molar-refractivity contribution in [1.82, 2.24) is 0 Å². The number of aromatic hydroxyl groups is 1. The normalized spacial score (nSPS) is 12.2. The molecule has 2 aromatic rings. The summed E-state index contributed by atoms with van der Waals surface area (Å²) < 4.78 is 14.0. The molecule has 100 valence electrons. The molecule has 0 amide bonds. The van der Waals surface area contributed by atoms with Crippen LogP contribution in [0.5, 0.6) is 5.75 Å². The van der Waals surface area contributed by atoms with Gasteiger partial charge in [0.1, 0.15) is 11.6 Å². The summed E-state index contributed by atoms with van der Waals surface area (Å²) in [6.07, 6.45) is 0. The fraction of sp³-hybridized carbons (Fsp3) is 0.200. The first kappa shape index (κ1) is 13.9. The van der Waals surface area contributed by atoms with Crippen molar-refractivity contribution in [1.29, 1.82) is 0 Å². The molecule has 0 aliphatic carbocycles. The van der Waals surface area contributed by atoms with Gasteiger partial charge in [-0.15, -0.1) is 0 Å². The smallest absolute Gasteiger partial charge is 0.126 e. The third-order valence-electron chi connectivity index (χ3n) is 3.01. The van der Waals surface area contributed by atoms with E-state index in [1.165, 1.54) is 6.07 Å². The molecule has 2 nitrogen and oxygen atoms in total.